The van der Waals surface area contributed by atoms with Gasteiger partial charge < -0.3 is 0 Å². The highest BCUT2D eigenvalue weighted by Gasteiger charge is 2.15. The molecule has 5 heteroatoms. The second-order valence-corrected chi connectivity index (χ2v) is 29.1. The van der Waals surface area contributed by atoms with Crippen molar-refractivity contribution in [1.29, 1.82) is 0 Å². The van der Waals surface area contributed by atoms with Gasteiger partial charge in [-0.2, -0.15) is 0 Å². The van der Waals surface area contributed by atoms with Crippen molar-refractivity contribution in [1.82, 2.24) is 24.9 Å². The summed E-state index contributed by atoms with van der Waals surface area (Å²) < 4.78 is 0. The van der Waals surface area contributed by atoms with E-state index in [1.54, 1.807) is 34.6 Å². The third kappa shape index (κ3) is 21.7. The number of benzene rings is 10. The molecule has 14 rings (SSSR count). The quantitative estimate of drug-likeness (QED) is 0.0717. The van der Waals surface area contributed by atoms with Crippen LogP contribution in [0.25, 0.3) is 75.9 Å². The van der Waals surface area contributed by atoms with Crippen molar-refractivity contribution < 1.29 is 0 Å². The third-order valence-corrected chi connectivity index (χ3v) is 21.6. The molecule has 0 amide bonds. The van der Waals surface area contributed by atoms with Crippen LogP contribution in [0.1, 0.15) is 242 Å². The van der Waals surface area contributed by atoms with Gasteiger partial charge in [-0.3, -0.25) is 24.9 Å². The van der Waals surface area contributed by atoms with Gasteiger partial charge in [0.1, 0.15) is 0 Å². The predicted octanol–water partition coefficient (Wildman–Crippen LogP) is 28.7. The van der Waals surface area contributed by atoms with Crippen molar-refractivity contribution >= 4 is 75.9 Å². The Morgan fingerprint density at radius 3 is 1.24 bits per heavy atom. The number of rotatable bonds is 21. The van der Waals surface area contributed by atoms with Crippen molar-refractivity contribution in [3.63, 3.8) is 0 Å². The second-order valence-electron chi connectivity index (χ2n) is 29.1. The standard InChI is InChI=1S/2C16H20.2C15H19N.C15H18.C14H17N.C13H16N2/c1-4-8-15-12(3)11-13-9-6-7-10-16(13)14(15)5-2;1-4-8-13-11-12(3)15-9-6-7-10-16(15)14(13)5-2;1-4-8-15-12(5-2)14-10-7-6-9-13(14)11(3)16-15;1-4-8-13-11(3)16-15-10-7-6-9-14(15)12(13)5-2;1-3-7-12-10-11-13-8-5-6-9-15(13)14(12)4-2;1-3-6-11-8-9-12-7-5-10-15-14(12)13(11)4-2;1-3-5-10-6-7-12-13(11(10)4-2)15-9-8-14-12/h2*6-7,9-11H,4-5,8H2,1-3H3;2*6-7,9-10H,4-5,8H2,1-3H3;5-6,8-11H,3-4,7H2,1-2H3;5,7-10H,3-4,6H2,1-2H3;6-9H,3-5H2,1-2H3. The van der Waals surface area contributed by atoms with Crippen LogP contribution in [0.5, 0.6) is 0 Å². The number of aromatic nitrogens is 5. The summed E-state index contributed by atoms with van der Waals surface area (Å²) in [5.74, 6) is 0. The Kier molecular flexibility index (Phi) is 34.6. The van der Waals surface area contributed by atoms with E-state index in [0.717, 1.165) is 99.3 Å². The lowest BCUT2D eigenvalue weighted by Gasteiger charge is -2.14. The van der Waals surface area contributed by atoms with E-state index in [0.29, 0.717) is 0 Å². The van der Waals surface area contributed by atoms with Crippen LogP contribution in [0.15, 0.2) is 201 Å². The molecule has 4 heterocycles. The topological polar surface area (TPSA) is 64.5 Å². The zero-order chi connectivity index (χ0) is 78.2. The van der Waals surface area contributed by atoms with Crippen LogP contribution in [-0.2, 0) is 89.9 Å². The van der Waals surface area contributed by atoms with E-state index >= 15 is 0 Å². The van der Waals surface area contributed by atoms with Crippen LogP contribution in [0, 0.1) is 27.7 Å². The number of fused-ring (bicyclic) bond motifs is 7. The van der Waals surface area contributed by atoms with E-state index < -0.39 is 0 Å². The average molecular weight is 1450 g/mol. The summed E-state index contributed by atoms with van der Waals surface area (Å²) in [6.07, 6.45) is 29.7. The minimum atomic E-state index is 1.01. The maximum absolute atomic E-state index is 4.76. The molecule has 109 heavy (non-hydrogen) atoms. The number of hydrogen-bond donors (Lipinski definition) is 0. The van der Waals surface area contributed by atoms with Gasteiger partial charge in [-0.15, -0.1) is 0 Å². The fraction of sp³-hybridized carbons (Fsp3) is 0.375. The summed E-state index contributed by atoms with van der Waals surface area (Å²) >= 11 is 0. The molecule has 0 aliphatic rings. The van der Waals surface area contributed by atoms with Crippen molar-refractivity contribution in [2.45, 2.75) is 259 Å². The first-order valence-electron chi connectivity index (χ1n) is 42.0. The van der Waals surface area contributed by atoms with E-state index in [-0.39, 0.29) is 0 Å². The van der Waals surface area contributed by atoms with Crippen LogP contribution >= 0.6 is 0 Å². The minimum Gasteiger partial charge on any atom is -0.257 e. The molecule has 0 fully saturated rings. The van der Waals surface area contributed by atoms with Crippen molar-refractivity contribution in [3.8, 4) is 0 Å². The number of pyridine rings is 3. The summed E-state index contributed by atoms with van der Waals surface area (Å²) in [6.45, 7) is 40.0. The largest absolute Gasteiger partial charge is 0.257 e. The minimum absolute atomic E-state index is 1.01. The Hall–Kier alpha value is -9.45. The highest BCUT2D eigenvalue weighted by molar-refractivity contribution is 5.92. The van der Waals surface area contributed by atoms with Gasteiger partial charge in [-0.1, -0.05) is 306 Å². The van der Waals surface area contributed by atoms with E-state index in [1.165, 1.54) is 190 Å². The highest BCUT2D eigenvalue weighted by Crippen LogP contribution is 2.32. The SMILES string of the molecule is CCCc1c(C)cc2ccccc2c1CC.CCCc1c(C)nc2ccccc2c1CC.CCCc1cc(C)c2ccccc2c1CC.CCCc1ccc2ccccc2c1CC.CCCc1ccc2cccnc2c1CC.CCCc1ccc2nccnc2c1CC.CCCc1nc(C)c2ccccc2c1CC. The summed E-state index contributed by atoms with van der Waals surface area (Å²) in [6, 6.07) is 65.4. The fourth-order valence-electron chi connectivity index (χ4n) is 16.5. The second kappa shape index (κ2) is 44.3. The van der Waals surface area contributed by atoms with Gasteiger partial charge >= 0.3 is 0 Å². The van der Waals surface area contributed by atoms with Crippen LogP contribution in [0.4, 0.5) is 0 Å². The molecule has 0 aliphatic carbocycles. The summed E-state index contributed by atoms with van der Waals surface area (Å²) in [5.41, 5.74) is 30.3. The van der Waals surface area contributed by atoms with Gasteiger partial charge in [0, 0.05) is 51.8 Å². The maximum atomic E-state index is 4.76. The van der Waals surface area contributed by atoms with Gasteiger partial charge in [0.2, 0.25) is 0 Å². The fourth-order valence-corrected chi connectivity index (χ4v) is 16.5. The van der Waals surface area contributed by atoms with Gasteiger partial charge in [0.25, 0.3) is 0 Å². The highest BCUT2D eigenvalue weighted by atomic mass is 14.8. The van der Waals surface area contributed by atoms with E-state index in [9.17, 15) is 0 Å². The summed E-state index contributed by atoms with van der Waals surface area (Å²) in [4.78, 5) is 22.7. The Balaban J connectivity index is 0.000000160. The molecule has 4 aromatic heterocycles. The summed E-state index contributed by atoms with van der Waals surface area (Å²) in [7, 11) is 0. The van der Waals surface area contributed by atoms with E-state index in [1.807, 2.05) is 12.3 Å². The van der Waals surface area contributed by atoms with Crippen LogP contribution in [0.3, 0.4) is 0 Å². The van der Waals surface area contributed by atoms with Gasteiger partial charge in [0.05, 0.1) is 22.1 Å². The Labute approximate surface area is 657 Å². The van der Waals surface area contributed by atoms with Crippen LogP contribution in [0.2, 0.25) is 0 Å². The molecule has 14 aromatic rings. The van der Waals surface area contributed by atoms with Crippen LogP contribution < -0.4 is 0 Å². The molecule has 0 atom stereocenters. The molecular formula is C104H129N5. The van der Waals surface area contributed by atoms with E-state index in [2.05, 4.69) is 316 Å². The number of nitrogens with zero attached hydrogens (tertiary/aromatic N) is 5. The lowest BCUT2D eigenvalue weighted by atomic mass is 9.91. The zero-order valence-electron chi connectivity index (χ0n) is 70.1. The lowest BCUT2D eigenvalue weighted by Crippen LogP contribution is -2.00. The first kappa shape index (κ1) is 85.2. The number of para-hydroxylation sites is 1. The van der Waals surface area contributed by atoms with E-state index in [4.69, 9.17) is 9.97 Å². The van der Waals surface area contributed by atoms with Gasteiger partial charge in [-0.05, 0) is 257 Å². The molecular weight excluding hydrogens is 1320 g/mol. The number of aryl methyl sites for hydroxylation is 16. The normalized spacial score (nSPS) is 10.9. The molecule has 0 unspecified atom stereocenters. The van der Waals surface area contributed by atoms with Gasteiger partial charge in [-0.25, -0.2) is 0 Å². The first-order chi connectivity index (χ1) is 53.2. The lowest BCUT2D eigenvalue weighted by molar-refractivity contribution is 0.856. The van der Waals surface area contributed by atoms with Gasteiger partial charge in [0.15, 0.2) is 0 Å². The molecule has 0 aliphatic heterocycles. The molecule has 0 bridgehead atoms. The van der Waals surface area contributed by atoms with Crippen LogP contribution in [-0.4, -0.2) is 24.9 Å². The third-order valence-electron chi connectivity index (χ3n) is 21.6. The zero-order valence-corrected chi connectivity index (χ0v) is 70.1. The predicted molar refractivity (Wildman–Crippen MR) is 479 cm³/mol. The first-order valence-corrected chi connectivity index (χ1v) is 42.0. The maximum Gasteiger partial charge on any atom is 0.0921 e. The molecule has 0 spiro atoms. The number of hydrogen-bond acceptors (Lipinski definition) is 5. The Bertz CT molecular complexity index is 4790. The smallest absolute Gasteiger partial charge is 0.0921 e. The van der Waals surface area contributed by atoms with Crippen molar-refractivity contribution in [2.75, 3.05) is 0 Å². The molecule has 10 aromatic carbocycles. The average Bonchev–Trinajstić information content (AvgIpc) is 0.795. The molecule has 0 radical (unpaired) electrons. The molecule has 0 saturated carbocycles. The molecule has 570 valence electrons. The van der Waals surface area contributed by atoms with Crippen molar-refractivity contribution in [3.05, 3.63) is 301 Å². The Morgan fingerprint density at radius 2 is 0.651 bits per heavy atom. The summed E-state index contributed by atoms with van der Waals surface area (Å²) in [5, 5.41) is 13.8. The molecule has 0 N–H and O–H groups in total. The monoisotopic (exact) mass is 1450 g/mol. The Morgan fingerprint density at radius 1 is 0.229 bits per heavy atom. The molecule has 0 saturated heterocycles. The van der Waals surface area contributed by atoms with Crippen molar-refractivity contribution in [2.24, 2.45) is 0 Å². The molecule has 5 nitrogen and oxygen atoms in total.